The van der Waals surface area contributed by atoms with E-state index in [0.717, 1.165) is 77.9 Å². The molecule has 4 nitrogen and oxygen atoms in total. The van der Waals surface area contributed by atoms with Crippen LogP contribution in [0.3, 0.4) is 0 Å². The predicted molar refractivity (Wildman–Crippen MR) is 242 cm³/mol. The zero-order valence-electron chi connectivity index (χ0n) is 31.1. The van der Waals surface area contributed by atoms with Crippen LogP contribution in [0.4, 0.5) is 0 Å². The molecule has 58 heavy (non-hydrogen) atoms. The van der Waals surface area contributed by atoms with Crippen molar-refractivity contribution < 1.29 is 4.42 Å². The molecule has 0 amide bonds. The van der Waals surface area contributed by atoms with E-state index in [2.05, 4.69) is 152 Å². The minimum atomic E-state index is 0.628. The highest BCUT2D eigenvalue weighted by Gasteiger charge is 2.19. The van der Waals surface area contributed by atoms with Gasteiger partial charge in [0.2, 0.25) is 0 Å². The van der Waals surface area contributed by atoms with E-state index in [1.54, 1.807) is 0 Å². The molecular formula is C53H31N3OS. The van der Waals surface area contributed by atoms with Gasteiger partial charge in [-0.3, -0.25) is 0 Å². The summed E-state index contributed by atoms with van der Waals surface area (Å²) in [5, 5.41) is 8.28. The standard InChI is InChI=1S/C53H31N3OS/c1-3-13-32(14-4-1)45-31-46(56-53(55-45)43-22-12-21-39-37-19-8-10-24-47(37)57-51(39)43)36-18-11-17-34(29-36)35-25-26-38-40-27-28-42-49(52(40)58-48(38)30-35)41-20-7-9-23-44(41)54-50(42)33-15-5-2-6-16-33/h1-31H. The number of benzene rings is 8. The molecule has 0 bridgehead atoms. The van der Waals surface area contributed by atoms with Crippen LogP contribution in [0.25, 0.3) is 120 Å². The maximum atomic E-state index is 6.45. The molecule has 4 aromatic heterocycles. The Bertz CT molecular complexity index is 3570. The first-order valence-electron chi connectivity index (χ1n) is 19.4. The summed E-state index contributed by atoms with van der Waals surface area (Å²) < 4.78 is 8.99. The van der Waals surface area contributed by atoms with Crippen LogP contribution in [-0.4, -0.2) is 15.0 Å². The van der Waals surface area contributed by atoms with Crippen molar-refractivity contribution in [2.24, 2.45) is 0 Å². The van der Waals surface area contributed by atoms with Gasteiger partial charge in [-0.2, -0.15) is 0 Å². The van der Waals surface area contributed by atoms with Crippen LogP contribution in [0.5, 0.6) is 0 Å². The van der Waals surface area contributed by atoms with E-state index < -0.39 is 0 Å². The Morgan fingerprint density at radius 2 is 1.03 bits per heavy atom. The molecule has 4 heterocycles. The minimum absolute atomic E-state index is 0.628. The molecule has 0 fully saturated rings. The molecule has 0 N–H and O–H groups in total. The van der Waals surface area contributed by atoms with Crippen LogP contribution in [-0.2, 0) is 0 Å². The van der Waals surface area contributed by atoms with Crippen molar-refractivity contribution in [1.82, 2.24) is 15.0 Å². The van der Waals surface area contributed by atoms with Gasteiger partial charge in [-0.05, 0) is 47.5 Å². The number of hydrogen-bond donors (Lipinski definition) is 0. The molecule has 12 aromatic rings. The van der Waals surface area contributed by atoms with Gasteiger partial charge in [-0.1, -0.05) is 152 Å². The lowest BCUT2D eigenvalue weighted by molar-refractivity contribution is 0.669. The second-order valence-corrected chi connectivity index (χ2v) is 15.8. The van der Waals surface area contributed by atoms with Crippen molar-refractivity contribution in [3.63, 3.8) is 0 Å². The normalized spacial score (nSPS) is 11.8. The van der Waals surface area contributed by atoms with Gasteiger partial charge in [0.05, 0.1) is 28.2 Å². The highest BCUT2D eigenvalue weighted by Crippen LogP contribution is 2.44. The summed E-state index contributed by atoms with van der Waals surface area (Å²) in [5.74, 6) is 0.628. The number of thiophene rings is 1. The first-order valence-corrected chi connectivity index (χ1v) is 20.2. The van der Waals surface area contributed by atoms with Crippen molar-refractivity contribution in [3.05, 3.63) is 188 Å². The molecule has 0 aliphatic heterocycles. The van der Waals surface area contributed by atoms with Crippen molar-refractivity contribution in [3.8, 4) is 56.3 Å². The highest BCUT2D eigenvalue weighted by molar-refractivity contribution is 7.26. The molecule has 0 saturated carbocycles. The molecule has 0 radical (unpaired) electrons. The Kier molecular flexibility index (Phi) is 7.37. The number of rotatable bonds is 5. The summed E-state index contributed by atoms with van der Waals surface area (Å²) in [6.07, 6.45) is 0. The summed E-state index contributed by atoms with van der Waals surface area (Å²) >= 11 is 1.86. The van der Waals surface area contributed by atoms with Gasteiger partial charge in [0.15, 0.2) is 5.82 Å². The van der Waals surface area contributed by atoms with E-state index >= 15 is 0 Å². The minimum Gasteiger partial charge on any atom is -0.455 e. The number of nitrogens with zero attached hydrogens (tertiary/aromatic N) is 3. The summed E-state index contributed by atoms with van der Waals surface area (Å²) in [6, 6.07) is 66.0. The molecule has 0 unspecified atom stereocenters. The largest absolute Gasteiger partial charge is 0.455 e. The molecule has 12 rings (SSSR count). The molecule has 0 saturated heterocycles. The Labute approximate surface area is 337 Å². The lowest BCUT2D eigenvalue weighted by atomic mass is 9.97. The number of para-hydroxylation sites is 3. The predicted octanol–water partition coefficient (Wildman–Crippen LogP) is 14.8. The van der Waals surface area contributed by atoms with E-state index in [1.165, 1.54) is 36.3 Å². The lowest BCUT2D eigenvalue weighted by Crippen LogP contribution is -1.96. The SMILES string of the molecule is c1ccc(-c2cc(-c3cccc(-c4ccc5c(c4)sc4c5ccc5c(-c6ccccc6)nc6ccccc6c54)c3)nc(-c3cccc4c3oc3ccccc34)n2)cc1. The molecule has 0 aliphatic rings. The molecule has 0 aliphatic carbocycles. The fourth-order valence-corrected chi connectivity index (χ4v) is 9.82. The molecule has 0 spiro atoms. The van der Waals surface area contributed by atoms with Gasteiger partial charge in [-0.15, -0.1) is 11.3 Å². The Hall–Kier alpha value is -7.47. The van der Waals surface area contributed by atoms with Crippen LogP contribution in [0, 0.1) is 0 Å². The quantitative estimate of drug-likeness (QED) is 0.164. The first-order chi connectivity index (χ1) is 28.7. The van der Waals surface area contributed by atoms with E-state index in [1.807, 2.05) is 47.7 Å². The maximum Gasteiger partial charge on any atom is 0.164 e. The van der Waals surface area contributed by atoms with Crippen molar-refractivity contribution in [2.75, 3.05) is 0 Å². The summed E-state index contributed by atoms with van der Waals surface area (Å²) in [7, 11) is 0. The van der Waals surface area contributed by atoms with E-state index in [9.17, 15) is 0 Å². The average molecular weight is 758 g/mol. The summed E-state index contributed by atoms with van der Waals surface area (Å²) in [5.41, 5.74) is 11.7. The Morgan fingerprint density at radius 1 is 0.397 bits per heavy atom. The molecular weight excluding hydrogens is 727 g/mol. The molecule has 270 valence electrons. The number of aromatic nitrogens is 3. The molecule has 8 aromatic carbocycles. The third kappa shape index (κ3) is 5.25. The van der Waals surface area contributed by atoms with E-state index in [4.69, 9.17) is 19.4 Å². The van der Waals surface area contributed by atoms with Gasteiger partial charge in [0.1, 0.15) is 11.2 Å². The van der Waals surface area contributed by atoms with Crippen molar-refractivity contribution in [2.45, 2.75) is 0 Å². The zero-order valence-corrected chi connectivity index (χ0v) is 31.9. The fraction of sp³-hybridized carbons (Fsp3) is 0. The molecule has 0 atom stereocenters. The van der Waals surface area contributed by atoms with Crippen molar-refractivity contribution in [1.29, 1.82) is 0 Å². The van der Waals surface area contributed by atoms with Crippen LogP contribution < -0.4 is 0 Å². The number of pyridine rings is 1. The Morgan fingerprint density at radius 3 is 1.90 bits per heavy atom. The van der Waals surface area contributed by atoms with Crippen LogP contribution in [0.15, 0.2) is 192 Å². The fourth-order valence-electron chi connectivity index (χ4n) is 8.52. The van der Waals surface area contributed by atoms with E-state index in [-0.39, 0.29) is 0 Å². The topological polar surface area (TPSA) is 51.8 Å². The Balaban J connectivity index is 1.01. The second-order valence-electron chi connectivity index (χ2n) is 14.7. The van der Waals surface area contributed by atoms with Crippen LogP contribution in [0.2, 0.25) is 0 Å². The second kappa shape index (κ2) is 13.1. The average Bonchev–Trinajstić information content (AvgIpc) is 3.87. The van der Waals surface area contributed by atoms with Gasteiger partial charge in [0.25, 0.3) is 0 Å². The van der Waals surface area contributed by atoms with Gasteiger partial charge < -0.3 is 4.42 Å². The lowest BCUT2D eigenvalue weighted by Gasteiger charge is -2.11. The zero-order chi connectivity index (χ0) is 38.2. The van der Waals surface area contributed by atoms with Gasteiger partial charge in [-0.25, -0.2) is 15.0 Å². The van der Waals surface area contributed by atoms with Gasteiger partial charge in [0, 0.05) is 63.8 Å². The van der Waals surface area contributed by atoms with Crippen molar-refractivity contribution >= 4 is 75.1 Å². The van der Waals surface area contributed by atoms with Crippen LogP contribution >= 0.6 is 11.3 Å². The summed E-state index contributed by atoms with van der Waals surface area (Å²) in [4.78, 5) is 15.6. The number of hydrogen-bond acceptors (Lipinski definition) is 5. The highest BCUT2D eigenvalue weighted by atomic mass is 32.1. The van der Waals surface area contributed by atoms with Crippen LogP contribution in [0.1, 0.15) is 0 Å². The number of furan rings is 1. The first kappa shape index (κ1) is 32.7. The monoisotopic (exact) mass is 757 g/mol. The van der Waals surface area contributed by atoms with Gasteiger partial charge >= 0.3 is 0 Å². The number of fused-ring (bicyclic) bond motifs is 10. The molecule has 5 heteroatoms. The van der Waals surface area contributed by atoms with E-state index in [0.29, 0.717) is 5.82 Å². The summed E-state index contributed by atoms with van der Waals surface area (Å²) in [6.45, 7) is 0. The third-order valence-electron chi connectivity index (χ3n) is 11.3. The third-order valence-corrected chi connectivity index (χ3v) is 12.5. The smallest absolute Gasteiger partial charge is 0.164 e. The maximum absolute atomic E-state index is 6.45.